The third-order valence-electron chi connectivity index (χ3n) is 4.30. The van der Waals surface area contributed by atoms with Crippen LogP contribution in [0.2, 0.25) is 0 Å². The van der Waals surface area contributed by atoms with Crippen LogP contribution in [0, 0.1) is 0 Å². The maximum atomic E-state index is 13.0. The van der Waals surface area contributed by atoms with Crippen molar-refractivity contribution in [3.63, 3.8) is 0 Å². The van der Waals surface area contributed by atoms with Crippen molar-refractivity contribution in [2.75, 3.05) is 13.2 Å². The Morgan fingerprint density at radius 1 is 1.35 bits per heavy atom. The van der Waals surface area contributed by atoms with Gasteiger partial charge in [-0.15, -0.1) is 16.9 Å². The van der Waals surface area contributed by atoms with Crippen molar-refractivity contribution < 1.29 is 14.3 Å². The van der Waals surface area contributed by atoms with Gasteiger partial charge in [-0.1, -0.05) is 18.2 Å². The molecule has 0 aliphatic carbocycles. The van der Waals surface area contributed by atoms with Crippen LogP contribution in [0.3, 0.4) is 0 Å². The number of amides is 1. The Labute approximate surface area is 156 Å². The number of carbonyl (C=O) groups is 2. The zero-order chi connectivity index (χ0) is 18.5. The van der Waals surface area contributed by atoms with Gasteiger partial charge in [0.15, 0.2) is 5.69 Å². The normalized spacial score (nSPS) is 17.9. The minimum atomic E-state index is -0.512. The molecule has 1 N–H and O–H groups in total. The van der Waals surface area contributed by atoms with Gasteiger partial charge in [-0.3, -0.25) is 4.79 Å². The lowest BCUT2D eigenvalue weighted by Crippen LogP contribution is -2.36. The van der Waals surface area contributed by atoms with Crippen molar-refractivity contribution in [2.24, 2.45) is 0 Å². The molecule has 2 unspecified atom stereocenters. The molecule has 3 rings (SSSR count). The highest BCUT2D eigenvalue weighted by molar-refractivity contribution is 8.00. The number of ether oxygens (including phenoxy) is 1. The first-order valence-corrected chi connectivity index (χ1v) is 9.59. The van der Waals surface area contributed by atoms with Gasteiger partial charge in [0.1, 0.15) is 5.69 Å². The van der Waals surface area contributed by atoms with Gasteiger partial charge >= 0.3 is 5.97 Å². The average molecular weight is 374 g/mol. The monoisotopic (exact) mass is 374 g/mol. The van der Waals surface area contributed by atoms with E-state index in [9.17, 15) is 9.59 Å². The largest absolute Gasteiger partial charge is 0.461 e. The molecule has 0 saturated carbocycles. The first kappa shape index (κ1) is 18.4. The highest BCUT2D eigenvalue weighted by Crippen LogP contribution is 2.35. The summed E-state index contributed by atoms with van der Waals surface area (Å²) in [5.74, 6) is -0.471. The van der Waals surface area contributed by atoms with Crippen molar-refractivity contribution in [3.8, 4) is 0 Å². The van der Waals surface area contributed by atoms with E-state index < -0.39 is 5.97 Å². The number of aromatic amines is 1. The Hall–Kier alpha value is -2.35. The number of hydrogen-bond acceptors (Lipinski definition) is 6. The van der Waals surface area contributed by atoms with Crippen molar-refractivity contribution in [2.45, 2.75) is 42.9 Å². The van der Waals surface area contributed by atoms with Gasteiger partial charge in [0.2, 0.25) is 5.91 Å². The van der Waals surface area contributed by atoms with Crippen molar-refractivity contribution in [3.05, 3.63) is 41.7 Å². The molecule has 1 aliphatic heterocycles. The third kappa shape index (κ3) is 3.90. The number of thioether (sulfide) groups is 1. The molecule has 1 saturated heterocycles. The van der Waals surface area contributed by atoms with E-state index in [4.69, 9.17) is 4.74 Å². The molecule has 2 heterocycles. The van der Waals surface area contributed by atoms with Crippen molar-refractivity contribution in [1.29, 1.82) is 0 Å². The fourth-order valence-corrected chi connectivity index (χ4v) is 4.08. The molecule has 2 aromatic rings. The summed E-state index contributed by atoms with van der Waals surface area (Å²) in [4.78, 5) is 27.9. The Morgan fingerprint density at radius 2 is 2.12 bits per heavy atom. The van der Waals surface area contributed by atoms with E-state index in [1.807, 2.05) is 37.3 Å². The molecule has 0 spiro atoms. The summed E-state index contributed by atoms with van der Waals surface area (Å²) in [6, 6.07) is 9.60. The lowest BCUT2D eigenvalue weighted by molar-refractivity contribution is -0.131. The molecule has 26 heavy (non-hydrogen) atoms. The highest BCUT2D eigenvalue weighted by atomic mass is 32.2. The SMILES string of the molecule is CCOC(=O)c1n[nH]nc1C1CCCN1C(=O)C(C)Sc1ccccc1. The van der Waals surface area contributed by atoms with Crippen LogP contribution < -0.4 is 0 Å². The lowest BCUT2D eigenvalue weighted by atomic mass is 10.1. The zero-order valence-electron chi connectivity index (χ0n) is 14.8. The van der Waals surface area contributed by atoms with Gasteiger partial charge in [0, 0.05) is 11.4 Å². The molecule has 0 radical (unpaired) electrons. The first-order chi connectivity index (χ1) is 12.6. The predicted octanol–water partition coefficient (Wildman–Crippen LogP) is 2.83. The van der Waals surface area contributed by atoms with Crippen LogP contribution in [0.4, 0.5) is 0 Å². The van der Waals surface area contributed by atoms with Gasteiger partial charge in [-0.05, 0) is 38.8 Å². The van der Waals surface area contributed by atoms with E-state index in [1.54, 1.807) is 11.8 Å². The second-order valence-electron chi connectivity index (χ2n) is 6.04. The Balaban J connectivity index is 1.75. The van der Waals surface area contributed by atoms with Crippen molar-refractivity contribution in [1.82, 2.24) is 20.3 Å². The van der Waals surface area contributed by atoms with Gasteiger partial charge in [-0.25, -0.2) is 4.79 Å². The van der Waals surface area contributed by atoms with Crippen LogP contribution in [-0.2, 0) is 9.53 Å². The molecule has 0 bridgehead atoms. The van der Waals surface area contributed by atoms with E-state index in [1.165, 1.54) is 11.8 Å². The minimum Gasteiger partial charge on any atom is -0.461 e. The predicted molar refractivity (Wildman–Crippen MR) is 97.8 cm³/mol. The molecule has 1 aromatic carbocycles. The molecule has 138 valence electrons. The van der Waals surface area contributed by atoms with E-state index >= 15 is 0 Å². The van der Waals surface area contributed by atoms with Crippen LogP contribution in [0.15, 0.2) is 35.2 Å². The fourth-order valence-electron chi connectivity index (χ4n) is 3.12. The van der Waals surface area contributed by atoms with E-state index in [-0.39, 0.29) is 29.5 Å². The van der Waals surface area contributed by atoms with Gasteiger partial charge in [0.25, 0.3) is 0 Å². The van der Waals surface area contributed by atoms with Gasteiger partial charge in [0.05, 0.1) is 17.9 Å². The summed E-state index contributed by atoms with van der Waals surface area (Å²) in [7, 11) is 0. The van der Waals surface area contributed by atoms with Gasteiger partial charge in [-0.2, -0.15) is 10.3 Å². The van der Waals surface area contributed by atoms with Crippen LogP contribution >= 0.6 is 11.8 Å². The number of likely N-dealkylation sites (tertiary alicyclic amines) is 1. The minimum absolute atomic E-state index is 0.0409. The quantitative estimate of drug-likeness (QED) is 0.618. The molecule has 1 fully saturated rings. The number of benzene rings is 1. The van der Waals surface area contributed by atoms with Crippen LogP contribution in [0.1, 0.15) is 48.9 Å². The molecule has 1 aliphatic rings. The number of aromatic nitrogens is 3. The number of rotatable bonds is 6. The van der Waals surface area contributed by atoms with E-state index in [2.05, 4.69) is 15.4 Å². The number of hydrogen-bond donors (Lipinski definition) is 1. The molecule has 1 aromatic heterocycles. The lowest BCUT2D eigenvalue weighted by Gasteiger charge is -2.26. The van der Waals surface area contributed by atoms with Crippen molar-refractivity contribution >= 4 is 23.6 Å². The molecular formula is C18H22N4O3S. The fraction of sp³-hybridized carbons (Fsp3) is 0.444. The van der Waals surface area contributed by atoms with E-state index in [0.717, 1.165) is 17.7 Å². The summed E-state index contributed by atoms with van der Waals surface area (Å²) >= 11 is 1.53. The summed E-state index contributed by atoms with van der Waals surface area (Å²) in [5, 5.41) is 10.3. The highest BCUT2D eigenvalue weighted by Gasteiger charge is 2.37. The standard InChI is InChI=1S/C18H22N4O3S/c1-3-25-18(24)16-15(19-21-20-16)14-10-7-11-22(14)17(23)12(2)26-13-8-5-4-6-9-13/h4-6,8-9,12,14H,3,7,10-11H2,1-2H3,(H,19,20,21). The third-order valence-corrected chi connectivity index (χ3v) is 5.40. The Morgan fingerprint density at radius 3 is 2.85 bits per heavy atom. The average Bonchev–Trinajstić information content (AvgIpc) is 3.31. The molecule has 1 amide bonds. The number of carbonyl (C=O) groups excluding carboxylic acids is 2. The maximum absolute atomic E-state index is 13.0. The summed E-state index contributed by atoms with van der Waals surface area (Å²) in [6.07, 6.45) is 1.63. The maximum Gasteiger partial charge on any atom is 0.360 e. The van der Waals surface area contributed by atoms with Crippen LogP contribution in [0.25, 0.3) is 0 Å². The number of nitrogens with one attached hydrogen (secondary N) is 1. The van der Waals surface area contributed by atoms with Gasteiger partial charge < -0.3 is 9.64 Å². The molecule has 7 nitrogen and oxygen atoms in total. The Bertz CT molecular complexity index is 765. The Kier molecular flexibility index (Phi) is 5.92. The topological polar surface area (TPSA) is 88.2 Å². The summed E-state index contributed by atoms with van der Waals surface area (Å²) in [6.45, 7) is 4.57. The molecule has 8 heteroatoms. The summed E-state index contributed by atoms with van der Waals surface area (Å²) in [5.41, 5.74) is 0.658. The summed E-state index contributed by atoms with van der Waals surface area (Å²) < 4.78 is 5.04. The second kappa shape index (κ2) is 8.35. The smallest absolute Gasteiger partial charge is 0.360 e. The number of esters is 1. The first-order valence-electron chi connectivity index (χ1n) is 8.71. The van der Waals surface area contributed by atoms with Crippen LogP contribution in [0.5, 0.6) is 0 Å². The number of nitrogens with zero attached hydrogens (tertiary/aromatic N) is 3. The molecular weight excluding hydrogens is 352 g/mol. The zero-order valence-corrected chi connectivity index (χ0v) is 15.7. The van der Waals surface area contributed by atoms with Crippen LogP contribution in [-0.4, -0.2) is 50.6 Å². The number of H-pyrrole nitrogens is 1. The van der Waals surface area contributed by atoms with E-state index in [0.29, 0.717) is 12.2 Å². The molecule has 2 atom stereocenters. The second-order valence-corrected chi connectivity index (χ2v) is 7.45.